The first-order valence-corrected chi connectivity index (χ1v) is 9.10. The van der Waals surface area contributed by atoms with E-state index in [-0.39, 0.29) is 21.3 Å². The van der Waals surface area contributed by atoms with Crippen LogP contribution in [0.2, 0.25) is 0 Å². The molecule has 0 spiro atoms. The summed E-state index contributed by atoms with van der Waals surface area (Å²) in [5.41, 5.74) is 0.0462. The number of primary sulfonamides is 1. The Kier molecular flexibility index (Phi) is 4.20. The molecule has 0 saturated carbocycles. The average Bonchev–Trinajstić information content (AvgIpc) is 2.95. The minimum atomic E-state index is -3.85. The summed E-state index contributed by atoms with van der Waals surface area (Å²) in [5, 5.41) is 18.7. The molecule has 2 aromatic carbocycles. The monoisotopic (exact) mass is 378 g/mol. The quantitative estimate of drug-likeness (QED) is 0.525. The Bertz CT molecular complexity index is 1110. The second-order valence-electron chi connectivity index (χ2n) is 4.92. The zero-order valence-electron chi connectivity index (χ0n) is 12.4. The third-order valence-corrected chi connectivity index (χ3v) is 5.10. The van der Waals surface area contributed by atoms with Crippen molar-refractivity contribution in [1.29, 1.82) is 0 Å². The van der Waals surface area contributed by atoms with Crippen molar-refractivity contribution >= 4 is 48.3 Å². The van der Waals surface area contributed by atoms with Gasteiger partial charge in [0.05, 0.1) is 20.0 Å². The van der Waals surface area contributed by atoms with Crippen LogP contribution in [0, 0.1) is 10.1 Å². The van der Waals surface area contributed by atoms with Crippen LogP contribution in [0.3, 0.4) is 0 Å². The van der Waals surface area contributed by atoms with E-state index < -0.39 is 20.9 Å². The van der Waals surface area contributed by atoms with Crippen LogP contribution < -0.4 is 10.5 Å². The van der Waals surface area contributed by atoms with Gasteiger partial charge in [0, 0.05) is 6.07 Å². The number of nitrogens with one attached hydrogen (secondary N) is 1. The Balaban J connectivity index is 1.93. The molecule has 3 rings (SSSR count). The summed E-state index contributed by atoms with van der Waals surface area (Å²) in [4.78, 5) is 26.7. The van der Waals surface area contributed by atoms with Gasteiger partial charge in [-0.05, 0) is 24.3 Å². The zero-order chi connectivity index (χ0) is 18.2. The third kappa shape index (κ3) is 3.47. The number of rotatable bonds is 4. The summed E-state index contributed by atoms with van der Waals surface area (Å²) >= 11 is 1.03. The molecule has 0 saturated heterocycles. The highest BCUT2D eigenvalue weighted by atomic mass is 32.2. The minimum absolute atomic E-state index is 0.0692. The number of nitro benzene ring substituents is 1. The number of nitro groups is 1. The van der Waals surface area contributed by atoms with Crippen LogP contribution in [-0.2, 0) is 10.0 Å². The lowest BCUT2D eigenvalue weighted by molar-refractivity contribution is -0.385. The molecule has 128 valence electrons. The average molecular weight is 378 g/mol. The number of thiazole rings is 1. The molecule has 0 aliphatic rings. The summed E-state index contributed by atoms with van der Waals surface area (Å²) in [6, 6.07) is 9.66. The maximum Gasteiger partial charge on any atom is 0.282 e. The van der Waals surface area contributed by atoms with Gasteiger partial charge in [-0.3, -0.25) is 20.2 Å². The SMILES string of the molecule is NS(=O)(=O)c1ccc2nc(NC(=O)c3ccccc3[N+](=O)[O-])sc2c1. The van der Waals surface area contributed by atoms with Gasteiger partial charge in [0.15, 0.2) is 5.13 Å². The number of nitrogens with zero attached hydrogens (tertiary/aromatic N) is 2. The molecule has 9 nitrogen and oxygen atoms in total. The van der Waals surface area contributed by atoms with E-state index in [9.17, 15) is 23.3 Å². The second-order valence-corrected chi connectivity index (χ2v) is 7.51. The van der Waals surface area contributed by atoms with Gasteiger partial charge < -0.3 is 0 Å². The van der Waals surface area contributed by atoms with E-state index in [1.165, 1.54) is 42.5 Å². The highest BCUT2D eigenvalue weighted by molar-refractivity contribution is 7.89. The number of hydrogen-bond donors (Lipinski definition) is 2. The molecular formula is C14H10N4O5S2. The highest BCUT2D eigenvalue weighted by Crippen LogP contribution is 2.29. The van der Waals surface area contributed by atoms with Gasteiger partial charge in [-0.15, -0.1) is 0 Å². The smallest absolute Gasteiger partial charge is 0.282 e. The summed E-state index contributed by atoms with van der Waals surface area (Å²) in [5.74, 6) is -0.682. The van der Waals surface area contributed by atoms with Crippen molar-refractivity contribution in [3.05, 3.63) is 58.1 Å². The fourth-order valence-corrected chi connectivity index (χ4v) is 3.64. The van der Waals surface area contributed by atoms with E-state index in [0.717, 1.165) is 11.3 Å². The first-order chi connectivity index (χ1) is 11.8. The first-order valence-electron chi connectivity index (χ1n) is 6.74. The predicted molar refractivity (Wildman–Crippen MR) is 92.0 cm³/mol. The van der Waals surface area contributed by atoms with E-state index in [4.69, 9.17) is 5.14 Å². The number of hydrogen-bond acceptors (Lipinski definition) is 7. The summed E-state index contributed by atoms with van der Waals surface area (Å²) < 4.78 is 23.3. The van der Waals surface area contributed by atoms with Crippen LogP contribution in [0.5, 0.6) is 0 Å². The number of carbonyl (C=O) groups is 1. The van der Waals surface area contributed by atoms with Crippen molar-refractivity contribution in [3.63, 3.8) is 0 Å². The number of anilines is 1. The topological polar surface area (TPSA) is 145 Å². The van der Waals surface area contributed by atoms with Crippen molar-refractivity contribution in [2.45, 2.75) is 4.90 Å². The summed E-state index contributed by atoms with van der Waals surface area (Å²) in [6.07, 6.45) is 0. The van der Waals surface area contributed by atoms with Crippen molar-refractivity contribution in [2.75, 3.05) is 5.32 Å². The Hall–Kier alpha value is -2.89. The molecule has 1 amide bonds. The number of para-hydroxylation sites is 1. The lowest BCUT2D eigenvalue weighted by Crippen LogP contribution is -2.13. The summed E-state index contributed by atoms with van der Waals surface area (Å²) in [7, 11) is -3.85. The van der Waals surface area contributed by atoms with Gasteiger partial charge in [-0.2, -0.15) is 0 Å². The number of amides is 1. The number of nitrogens with two attached hydrogens (primary N) is 1. The van der Waals surface area contributed by atoms with Gasteiger partial charge >= 0.3 is 0 Å². The van der Waals surface area contributed by atoms with Crippen LogP contribution in [-0.4, -0.2) is 24.2 Å². The van der Waals surface area contributed by atoms with E-state index in [1.54, 1.807) is 0 Å². The predicted octanol–water partition coefficient (Wildman–Crippen LogP) is 2.10. The Morgan fingerprint density at radius 1 is 1.24 bits per heavy atom. The van der Waals surface area contributed by atoms with Crippen LogP contribution >= 0.6 is 11.3 Å². The Morgan fingerprint density at radius 3 is 2.64 bits per heavy atom. The van der Waals surface area contributed by atoms with Crippen LogP contribution in [0.4, 0.5) is 10.8 Å². The maximum absolute atomic E-state index is 12.3. The molecule has 11 heteroatoms. The molecule has 0 bridgehead atoms. The van der Waals surface area contributed by atoms with Crippen molar-refractivity contribution in [2.24, 2.45) is 5.14 Å². The maximum atomic E-state index is 12.3. The molecule has 3 aromatic rings. The van der Waals surface area contributed by atoms with Crippen LogP contribution in [0.25, 0.3) is 10.2 Å². The standard InChI is InChI=1S/C14H10N4O5S2/c15-25(22,23)8-5-6-10-12(7-8)24-14(16-10)17-13(19)9-3-1-2-4-11(9)18(20)21/h1-7H,(H2,15,22,23)(H,16,17,19). The van der Waals surface area contributed by atoms with Crippen molar-refractivity contribution < 1.29 is 18.1 Å². The fourth-order valence-electron chi connectivity index (χ4n) is 2.12. The Labute approximate surface area is 145 Å². The summed E-state index contributed by atoms with van der Waals surface area (Å²) in [6.45, 7) is 0. The molecule has 1 aromatic heterocycles. The third-order valence-electron chi connectivity index (χ3n) is 3.25. The number of benzene rings is 2. The number of carbonyl (C=O) groups excluding carboxylic acids is 1. The Morgan fingerprint density at radius 2 is 1.96 bits per heavy atom. The number of sulfonamides is 1. The molecule has 0 atom stereocenters. The van der Waals surface area contributed by atoms with Crippen LogP contribution in [0.1, 0.15) is 10.4 Å². The first kappa shape index (κ1) is 17.0. The minimum Gasteiger partial charge on any atom is -0.298 e. The zero-order valence-corrected chi connectivity index (χ0v) is 14.0. The molecule has 0 radical (unpaired) electrons. The van der Waals surface area contributed by atoms with Gasteiger partial charge in [0.2, 0.25) is 10.0 Å². The lowest BCUT2D eigenvalue weighted by atomic mass is 10.1. The molecular weight excluding hydrogens is 368 g/mol. The lowest BCUT2D eigenvalue weighted by Gasteiger charge is -2.02. The molecule has 1 heterocycles. The van der Waals surface area contributed by atoms with Gasteiger partial charge in [0.25, 0.3) is 11.6 Å². The van der Waals surface area contributed by atoms with Gasteiger partial charge in [0.1, 0.15) is 5.56 Å². The fraction of sp³-hybridized carbons (Fsp3) is 0. The van der Waals surface area contributed by atoms with E-state index >= 15 is 0 Å². The van der Waals surface area contributed by atoms with E-state index in [0.29, 0.717) is 10.2 Å². The molecule has 0 fully saturated rings. The largest absolute Gasteiger partial charge is 0.298 e. The normalized spacial score (nSPS) is 11.4. The van der Waals surface area contributed by atoms with Crippen molar-refractivity contribution in [1.82, 2.24) is 4.98 Å². The van der Waals surface area contributed by atoms with Crippen molar-refractivity contribution in [3.8, 4) is 0 Å². The molecule has 0 unspecified atom stereocenters. The second kappa shape index (κ2) is 6.20. The van der Waals surface area contributed by atoms with E-state index in [1.807, 2.05) is 0 Å². The molecule has 25 heavy (non-hydrogen) atoms. The highest BCUT2D eigenvalue weighted by Gasteiger charge is 2.20. The molecule has 0 aliphatic carbocycles. The molecule has 0 aliphatic heterocycles. The van der Waals surface area contributed by atoms with Crippen LogP contribution in [0.15, 0.2) is 47.4 Å². The van der Waals surface area contributed by atoms with E-state index in [2.05, 4.69) is 10.3 Å². The van der Waals surface area contributed by atoms with Gasteiger partial charge in [-0.1, -0.05) is 23.5 Å². The number of aromatic nitrogens is 1. The van der Waals surface area contributed by atoms with Gasteiger partial charge in [-0.25, -0.2) is 18.5 Å². The number of fused-ring (bicyclic) bond motifs is 1. The molecule has 3 N–H and O–H groups in total.